The van der Waals surface area contributed by atoms with E-state index in [1.54, 1.807) is 11.9 Å². The summed E-state index contributed by atoms with van der Waals surface area (Å²) in [5.41, 5.74) is 0. The van der Waals surface area contributed by atoms with E-state index in [0.29, 0.717) is 6.04 Å². The summed E-state index contributed by atoms with van der Waals surface area (Å²) in [6.45, 7) is 2.87. The Morgan fingerprint density at radius 3 is 2.53 bits per heavy atom. The van der Waals surface area contributed by atoms with E-state index in [4.69, 9.17) is 5.11 Å². The second-order valence-electron chi connectivity index (χ2n) is 5.88. The van der Waals surface area contributed by atoms with Crippen molar-refractivity contribution in [1.29, 1.82) is 0 Å². The molecule has 5 heteroatoms. The molecule has 108 valence electrons. The topological polar surface area (TPSA) is 60.9 Å². The van der Waals surface area contributed by atoms with Crippen LogP contribution in [0.25, 0.3) is 0 Å². The largest absolute Gasteiger partial charge is 0.481 e. The third kappa shape index (κ3) is 3.08. The van der Waals surface area contributed by atoms with Crippen LogP contribution in [0.4, 0.5) is 0 Å². The third-order valence-electron chi connectivity index (χ3n) is 4.66. The molecular weight excluding hydrogens is 244 g/mol. The highest BCUT2D eigenvalue weighted by atomic mass is 16.4. The van der Waals surface area contributed by atoms with Gasteiger partial charge in [0.25, 0.3) is 0 Å². The average molecular weight is 268 g/mol. The molecule has 0 spiro atoms. The lowest BCUT2D eigenvalue weighted by Gasteiger charge is -2.33. The molecule has 2 atom stereocenters. The van der Waals surface area contributed by atoms with Gasteiger partial charge in [0.15, 0.2) is 0 Å². The molecule has 2 fully saturated rings. The van der Waals surface area contributed by atoms with Gasteiger partial charge in [-0.25, -0.2) is 0 Å². The standard InChI is InChI=1S/C14H24N2O3/c1-10-7-8-16(11-5-3-4-6-11)12(9-13(17)18)14(19)15(10)2/h10-12H,3-9H2,1-2H3,(H,17,18). The van der Waals surface area contributed by atoms with Gasteiger partial charge in [0.2, 0.25) is 5.91 Å². The predicted molar refractivity (Wildman–Crippen MR) is 71.9 cm³/mol. The Bertz CT molecular complexity index is 353. The van der Waals surface area contributed by atoms with Gasteiger partial charge < -0.3 is 10.0 Å². The van der Waals surface area contributed by atoms with Gasteiger partial charge >= 0.3 is 5.97 Å². The maximum Gasteiger partial charge on any atom is 0.305 e. The zero-order valence-electron chi connectivity index (χ0n) is 11.8. The van der Waals surface area contributed by atoms with E-state index in [1.807, 2.05) is 6.92 Å². The molecule has 1 heterocycles. The van der Waals surface area contributed by atoms with Gasteiger partial charge in [0, 0.05) is 25.7 Å². The van der Waals surface area contributed by atoms with Gasteiger partial charge in [-0.1, -0.05) is 12.8 Å². The van der Waals surface area contributed by atoms with Crippen molar-refractivity contribution >= 4 is 11.9 Å². The minimum atomic E-state index is -0.885. The smallest absolute Gasteiger partial charge is 0.305 e. The number of carbonyl (C=O) groups excluding carboxylic acids is 1. The van der Waals surface area contributed by atoms with E-state index in [2.05, 4.69) is 4.90 Å². The molecule has 19 heavy (non-hydrogen) atoms. The molecule has 0 aromatic rings. The Morgan fingerprint density at radius 1 is 1.32 bits per heavy atom. The molecule has 2 unspecified atom stereocenters. The summed E-state index contributed by atoms with van der Waals surface area (Å²) in [7, 11) is 1.79. The van der Waals surface area contributed by atoms with Crippen LogP contribution in [-0.4, -0.2) is 58.5 Å². The second kappa shape index (κ2) is 5.90. The van der Waals surface area contributed by atoms with Crippen LogP contribution in [0.2, 0.25) is 0 Å². The minimum absolute atomic E-state index is 0.0284. The molecule has 1 saturated heterocycles. The summed E-state index contributed by atoms with van der Waals surface area (Å²) in [4.78, 5) is 27.5. The van der Waals surface area contributed by atoms with Crippen molar-refractivity contribution in [3.63, 3.8) is 0 Å². The lowest BCUT2D eigenvalue weighted by molar-refractivity contribution is -0.145. The Hall–Kier alpha value is -1.10. The molecule has 0 aromatic carbocycles. The maximum atomic E-state index is 12.5. The van der Waals surface area contributed by atoms with Crippen LogP contribution < -0.4 is 0 Å². The number of nitrogens with zero attached hydrogens (tertiary/aromatic N) is 2. The molecule has 1 saturated carbocycles. The third-order valence-corrected chi connectivity index (χ3v) is 4.66. The summed E-state index contributed by atoms with van der Waals surface area (Å²) in [6, 6.07) is 0.109. The number of amides is 1. The number of hydrogen-bond acceptors (Lipinski definition) is 3. The van der Waals surface area contributed by atoms with Crippen LogP contribution >= 0.6 is 0 Å². The summed E-state index contributed by atoms with van der Waals surface area (Å²) in [5, 5.41) is 9.09. The fraction of sp³-hybridized carbons (Fsp3) is 0.857. The number of carboxylic acid groups (broad SMARTS) is 1. The number of carboxylic acids is 1. The molecule has 1 amide bonds. The molecule has 1 aliphatic heterocycles. The Balaban J connectivity index is 2.20. The predicted octanol–water partition coefficient (Wildman–Crippen LogP) is 1.32. The van der Waals surface area contributed by atoms with Gasteiger partial charge in [-0.3, -0.25) is 14.5 Å². The van der Waals surface area contributed by atoms with E-state index < -0.39 is 12.0 Å². The van der Waals surface area contributed by atoms with Crippen molar-refractivity contribution < 1.29 is 14.7 Å². The average Bonchev–Trinajstić information content (AvgIpc) is 2.85. The van der Waals surface area contributed by atoms with Gasteiger partial charge in [0.05, 0.1) is 6.42 Å². The molecule has 2 rings (SSSR count). The molecule has 1 N–H and O–H groups in total. The zero-order valence-corrected chi connectivity index (χ0v) is 11.8. The van der Waals surface area contributed by atoms with Crippen LogP contribution in [0.15, 0.2) is 0 Å². The minimum Gasteiger partial charge on any atom is -0.481 e. The fourth-order valence-electron chi connectivity index (χ4n) is 3.32. The number of rotatable bonds is 3. The van der Waals surface area contributed by atoms with Gasteiger partial charge in [0.1, 0.15) is 6.04 Å². The van der Waals surface area contributed by atoms with Gasteiger partial charge in [-0.2, -0.15) is 0 Å². The number of likely N-dealkylation sites (N-methyl/N-ethyl adjacent to an activating group) is 1. The number of hydrogen-bond donors (Lipinski definition) is 1. The first-order chi connectivity index (χ1) is 9.00. The van der Waals surface area contributed by atoms with Crippen molar-refractivity contribution in [2.24, 2.45) is 0 Å². The summed E-state index contributed by atoms with van der Waals surface area (Å²) < 4.78 is 0. The highest BCUT2D eigenvalue weighted by Gasteiger charge is 2.39. The van der Waals surface area contributed by atoms with Crippen molar-refractivity contribution in [3.05, 3.63) is 0 Å². The molecule has 5 nitrogen and oxygen atoms in total. The van der Waals surface area contributed by atoms with E-state index >= 15 is 0 Å². The number of aliphatic carboxylic acids is 1. The van der Waals surface area contributed by atoms with Crippen LogP contribution in [-0.2, 0) is 9.59 Å². The van der Waals surface area contributed by atoms with Gasteiger partial charge in [-0.15, -0.1) is 0 Å². The van der Waals surface area contributed by atoms with Crippen molar-refractivity contribution in [2.45, 2.75) is 63.6 Å². The maximum absolute atomic E-state index is 12.5. The van der Waals surface area contributed by atoms with Crippen LogP contribution in [0.5, 0.6) is 0 Å². The lowest BCUT2D eigenvalue weighted by Crippen LogP contribution is -2.50. The monoisotopic (exact) mass is 268 g/mol. The zero-order chi connectivity index (χ0) is 14.0. The molecule has 0 aromatic heterocycles. The first kappa shape index (κ1) is 14.3. The second-order valence-corrected chi connectivity index (χ2v) is 5.88. The van der Waals surface area contributed by atoms with E-state index in [1.165, 1.54) is 12.8 Å². The SMILES string of the molecule is CC1CCN(C2CCCC2)C(CC(=O)O)C(=O)N1C. The molecule has 2 aliphatic rings. The summed E-state index contributed by atoms with van der Waals surface area (Å²) in [5.74, 6) is -0.913. The normalized spacial score (nSPS) is 30.6. The van der Waals surface area contributed by atoms with Crippen LogP contribution in [0, 0.1) is 0 Å². The highest BCUT2D eigenvalue weighted by molar-refractivity contribution is 5.86. The Kier molecular flexibility index (Phi) is 4.45. The van der Waals surface area contributed by atoms with Crippen molar-refractivity contribution in [3.8, 4) is 0 Å². The fourth-order valence-corrected chi connectivity index (χ4v) is 3.32. The van der Waals surface area contributed by atoms with Gasteiger partial charge in [-0.05, 0) is 26.2 Å². The highest BCUT2D eigenvalue weighted by Crippen LogP contribution is 2.29. The van der Waals surface area contributed by atoms with Crippen LogP contribution in [0.3, 0.4) is 0 Å². The van der Waals surface area contributed by atoms with Crippen LogP contribution in [0.1, 0.15) is 45.4 Å². The first-order valence-electron chi connectivity index (χ1n) is 7.25. The summed E-state index contributed by atoms with van der Waals surface area (Å²) >= 11 is 0. The number of carbonyl (C=O) groups is 2. The molecular formula is C14H24N2O3. The van der Waals surface area contributed by atoms with Crippen molar-refractivity contribution in [1.82, 2.24) is 9.80 Å². The van der Waals surface area contributed by atoms with Crippen molar-refractivity contribution in [2.75, 3.05) is 13.6 Å². The Labute approximate surface area is 114 Å². The van der Waals surface area contributed by atoms with E-state index in [-0.39, 0.29) is 18.4 Å². The summed E-state index contributed by atoms with van der Waals surface area (Å²) in [6.07, 6.45) is 5.44. The van der Waals surface area contributed by atoms with E-state index in [9.17, 15) is 9.59 Å². The molecule has 0 radical (unpaired) electrons. The Morgan fingerprint density at radius 2 is 1.95 bits per heavy atom. The quantitative estimate of drug-likeness (QED) is 0.838. The molecule has 0 bridgehead atoms. The molecule has 1 aliphatic carbocycles. The van der Waals surface area contributed by atoms with E-state index in [0.717, 1.165) is 25.8 Å². The first-order valence-corrected chi connectivity index (χ1v) is 7.25. The lowest BCUT2D eigenvalue weighted by atomic mass is 10.1.